The number of sulfone groups is 1. The predicted octanol–water partition coefficient (Wildman–Crippen LogP) is 2.87. The normalized spacial score (nSPS) is 17.0. The Morgan fingerprint density at radius 3 is 2.14 bits per heavy atom. The first kappa shape index (κ1) is 14.4. The molecular formula is C10H21BrO2S. The number of halogens is 1. The molecule has 0 aliphatic carbocycles. The van der Waals surface area contributed by atoms with Gasteiger partial charge in [0, 0.05) is 11.1 Å². The Morgan fingerprint density at radius 1 is 1.36 bits per heavy atom. The maximum atomic E-state index is 11.4. The molecule has 0 saturated heterocycles. The van der Waals surface area contributed by atoms with Crippen LogP contribution in [-0.4, -0.2) is 25.3 Å². The van der Waals surface area contributed by atoms with Crippen LogP contribution in [0.15, 0.2) is 0 Å². The SMILES string of the molecule is CCS(=O)(=O)CCC(C)(CBr)C(C)C. The van der Waals surface area contributed by atoms with Crippen molar-refractivity contribution >= 4 is 25.8 Å². The molecule has 0 aromatic rings. The predicted molar refractivity (Wildman–Crippen MR) is 65.7 cm³/mol. The number of hydrogen-bond acceptors (Lipinski definition) is 2. The minimum Gasteiger partial charge on any atom is -0.229 e. The van der Waals surface area contributed by atoms with E-state index in [0.717, 1.165) is 11.8 Å². The second-order valence-corrected chi connectivity index (χ2v) is 7.46. The van der Waals surface area contributed by atoms with Crippen molar-refractivity contribution in [3.05, 3.63) is 0 Å². The fourth-order valence-electron chi connectivity index (χ4n) is 1.04. The highest BCUT2D eigenvalue weighted by atomic mass is 79.9. The average molecular weight is 285 g/mol. The molecule has 0 amide bonds. The zero-order chi connectivity index (χ0) is 11.4. The van der Waals surface area contributed by atoms with Gasteiger partial charge in [0.2, 0.25) is 0 Å². The van der Waals surface area contributed by atoms with E-state index < -0.39 is 9.84 Å². The van der Waals surface area contributed by atoms with Crippen LogP contribution in [0.2, 0.25) is 0 Å². The van der Waals surface area contributed by atoms with Crippen LogP contribution in [0.1, 0.15) is 34.1 Å². The molecule has 0 bridgehead atoms. The van der Waals surface area contributed by atoms with E-state index in [-0.39, 0.29) is 11.2 Å². The van der Waals surface area contributed by atoms with Gasteiger partial charge < -0.3 is 0 Å². The van der Waals surface area contributed by atoms with Gasteiger partial charge in [-0.3, -0.25) is 0 Å². The van der Waals surface area contributed by atoms with Gasteiger partial charge in [-0.1, -0.05) is 43.6 Å². The minimum atomic E-state index is -2.82. The molecule has 0 aromatic heterocycles. The van der Waals surface area contributed by atoms with Gasteiger partial charge in [0.1, 0.15) is 9.84 Å². The molecule has 4 heteroatoms. The van der Waals surface area contributed by atoms with Crippen molar-refractivity contribution in [2.45, 2.75) is 34.1 Å². The van der Waals surface area contributed by atoms with Crippen molar-refractivity contribution in [3.8, 4) is 0 Å². The first-order chi connectivity index (χ1) is 6.27. The molecule has 1 atom stereocenters. The molecule has 0 N–H and O–H groups in total. The van der Waals surface area contributed by atoms with Crippen molar-refractivity contribution in [1.29, 1.82) is 0 Å². The van der Waals surface area contributed by atoms with Gasteiger partial charge >= 0.3 is 0 Å². The Hall–Kier alpha value is 0.430. The highest BCUT2D eigenvalue weighted by molar-refractivity contribution is 9.09. The molecule has 0 spiro atoms. The second-order valence-electron chi connectivity index (χ2n) is 4.43. The molecule has 1 unspecified atom stereocenters. The molecule has 0 fully saturated rings. The first-order valence-corrected chi connectivity index (χ1v) is 7.98. The Labute approximate surface area is 96.5 Å². The van der Waals surface area contributed by atoms with E-state index in [1.807, 2.05) is 0 Å². The van der Waals surface area contributed by atoms with Crippen molar-refractivity contribution in [1.82, 2.24) is 0 Å². The van der Waals surface area contributed by atoms with Crippen LogP contribution < -0.4 is 0 Å². The van der Waals surface area contributed by atoms with E-state index >= 15 is 0 Å². The van der Waals surface area contributed by atoms with Crippen LogP contribution >= 0.6 is 15.9 Å². The lowest BCUT2D eigenvalue weighted by molar-refractivity contribution is 0.250. The number of alkyl halides is 1. The summed E-state index contributed by atoms with van der Waals surface area (Å²) in [5.41, 5.74) is 0.0856. The summed E-state index contributed by atoms with van der Waals surface area (Å²) in [7, 11) is -2.82. The third kappa shape index (κ3) is 4.30. The topological polar surface area (TPSA) is 34.1 Å². The smallest absolute Gasteiger partial charge is 0.150 e. The van der Waals surface area contributed by atoms with E-state index in [4.69, 9.17) is 0 Å². The summed E-state index contributed by atoms with van der Waals surface area (Å²) in [6, 6.07) is 0. The zero-order valence-electron chi connectivity index (χ0n) is 9.51. The van der Waals surface area contributed by atoms with Crippen LogP contribution in [0, 0.1) is 11.3 Å². The summed E-state index contributed by atoms with van der Waals surface area (Å²) in [6.45, 7) is 8.12. The lowest BCUT2D eigenvalue weighted by Crippen LogP contribution is -2.28. The van der Waals surface area contributed by atoms with Gasteiger partial charge in [-0.2, -0.15) is 0 Å². The Balaban J connectivity index is 4.36. The Bertz CT molecular complexity index is 259. The number of rotatable bonds is 6. The van der Waals surface area contributed by atoms with Gasteiger partial charge in [-0.05, 0) is 17.8 Å². The highest BCUT2D eigenvalue weighted by Crippen LogP contribution is 2.33. The van der Waals surface area contributed by atoms with Crippen molar-refractivity contribution in [3.63, 3.8) is 0 Å². The molecule has 0 radical (unpaired) electrons. The fourth-order valence-corrected chi connectivity index (χ4v) is 3.04. The van der Waals surface area contributed by atoms with Crippen molar-refractivity contribution < 1.29 is 8.42 Å². The van der Waals surface area contributed by atoms with Gasteiger partial charge in [0.25, 0.3) is 0 Å². The van der Waals surface area contributed by atoms with Crippen LogP contribution in [0.25, 0.3) is 0 Å². The number of hydrogen-bond donors (Lipinski definition) is 0. The molecule has 14 heavy (non-hydrogen) atoms. The van der Waals surface area contributed by atoms with Gasteiger partial charge in [0.15, 0.2) is 0 Å². The molecule has 0 rings (SSSR count). The summed E-state index contributed by atoms with van der Waals surface area (Å²) in [6.07, 6.45) is 0.742. The third-order valence-electron chi connectivity index (χ3n) is 3.12. The summed E-state index contributed by atoms with van der Waals surface area (Å²) in [5.74, 6) is 1.06. The molecule has 0 heterocycles. The lowest BCUT2D eigenvalue weighted by Gasteiger charge is -2.31. The zero-order valence-corrected chi connectivity index (χ0v) is 11.9. The van der Waals surface area contributed by atoms with Crippen LogP contribution in [0.3, 0.4) is 0 Å². The first-order valence-electron chi connectivity index (χ1n) is 5.04. The molecule has 2 nitrogen and oxygen atoms in total. The summed E-state index contributed by atoms with van der Waals surface area (Å²) >= 11 is 3.47. The highest BCUT2D eigenvalue weighted by Gasteiger charge is 2.28. The summed E-state index contributed by atoms with van der Waals surface area (Å²) < 4.78 is 22.7. The van der Waals surface area contributed by atoms with Crippen LogP contribution in [-0.2, 0) is 9.84 Å². The monoisotopic (exact) mass is 284 g/mol. The van der Waals surface area contributed by atoms with E-state index in [1.165, 1.54) is 0 Å². The van der Waals surface area contributed by atoms with Crippen molar-refractivity contribution in [2.75, 3.05) is 16.8 Å². The maximum absolute atomic E-state index is 11.4. The third-order valence-corrected chi connectivity index (χ3v) is 6.11. The van der Waals surface area contributed by atoms with Gasteiger partial charge in [0.05, 0.1) is 5.75 Å². The maximum Gasteiger partial charge on any atom is 0.150 e. The van der Waals surface area contributed by atoms with E-state index in [2.05, 4.69) is 36.7 Å². The summed E-state index contributed by atoms with van der Waals surface area (Å²) in [4.78, 5) is 0. The molecule has 0 aliphatic rings. The average Bonchev–Trinajstić information content (AvgIpc) is 2.14. The molecular weight excluding hydrogens is 264 g/mol. The van der Waals surface area contributed by atoms with Gasteiger partial charge in [-0.25, -0.2) is 8.42 Å². The van der Waals surface area contributed by atoms with E-state index in [9.17, 15) is 8.42 Å². The standard InChI is InChI=1S/C10H21BrO2S/c1-5-14(12,13)7-6-10(4,8-11)9(2)3/h9H,5-8H2,1-4H3. The Kier molecular flexibility index (Phi) is 5.67. The van der Waals surface area contributed by atoms with Crippen LogP contribution in [0.5, 0.6) is 0 Å². The second kappa shape index (κ2) is 5.50. The largest absolute Gasteiger partial charge is 0.229 e. The molecule has 0 aromatic carbocycles. The van der Waals surface area contributed by atoms with Crippen molar-refractivity contribution in [2.24, 2.45) is 11.3 Å². The molecule has 0 saturated carbocycles. The quantitative estimate of drug-likeness (QED) is 0.703. The van der Waals surface area contributed by atoms with E-state index in [1.54, 1.807) is 6.92 Å². The van der Waals surface area contributed by atoms with Crippen LogP contribution in [0.4, 0.5) is 0 Å². The Morgan fingerprint density at radius 2 is 1.86 bits per heavy atom. The van der Waals surface area contributed by atoms with E-state index in [0.29, 0.717) is 11.7 Å². The lowest BCUT2D eigenvalue weighted by atomic mass is 9.79. The fraction of sp³-hybridized carbons (Fsp3) is 1.00. The minimum absolute atomic E-state index is 0.0856. The molecule has 86 valence electrons. The molecule has 0 aliphatic heterocycles. The van der Waals surface area contributed by atoms with Gasteiger partial charge in [-0.15, -0.1) is 0 Å². The summed E-state index contributed by atoms with van der Waals surface area (Å²) in [5, 5.41) is 0.858.